The predicted molar refractivity (Wildman–Crippen MR) is 95.2 cm³/mol. The van der Waals surface area contributed by atoms with Crippen LogP contribution in [0.5, 0.6) is 0 Å². The molecule has 1 saturated heterocycles. The Kier molecular flexibility index (Phi) is 7.02. The molecular weight excluding hydrogens is 306 g/mol. The van der Waals surface area contributed by atoms with E-state index >= 15 is 0 Å². The molecule has 0 bridgehead atoms. The number of carbonyl (C=O) groups excluding carboxylic acids is 1. The quantitative estimate of drug-likeness (QED) is 0.838. The van der Waals surface area contributed by atoms with E-state index in [0.29, 0.717) is 6.61 Å². The summed E-state index contributed by atoms with van der Waals surface area (Å²) in [6, 6.07) is 7.67. The minimum atomic E-state index is -0.212. The smallest absolute Gasteiger partial charge is 0.319 e. The Hall–Kier alpha value is -1.63. The van der Waals surface area contributed by atoms with Crippen LogP contribution in [0.3, 0.4) is 0 Å². The summed E-state index contributed by atoms with van der Waals surface area (Å²) in [7, 11) is 1.62. The molecule has 1 aromatic carbocycles. The molecule has 2 N–H and O–H groups in total. The minimum absolute atomic E-state index is 0.0388. The second-order valence-corrected chi connectivity index (χ2v) is 6.56. The average Bonchev–Trinajstić information content (AvgIpc) is 2.48. The van der Waals surface area contributed by atoms with Gasteiger partial charge in [0.05, 0.1) is 24.9 Å². The van der Waals surface area contributed by atoms with Gasteiger partial charge >= 0.3 is 6.03 Å². The number of rotatable bonds is 6. The van der Waals surface area contributed by atoms with Gasteiger partial charge in [-0.05, 0) is 32.4 Å². The second-order valence-electron chi connectivity index (χ2n) is 6.56. The van der Waals surface area contributed by atoms with E-state index in [1.54, 1.807) is 7.11 Å². The molecule has 0 saturated carbocycles. The van der Waals surface area contributed by atoms with Crippen LogP contribution < -0.4 is 10.6 Å². The van der Waals surface area contributed by atoms with Gasteiger partial charge in [-0.1, -0.05) is 18.2 Å². The zero-order valence-corrected chi connectivity index (χ0v) is 15.0. The van der Waals surface area contributed by atoms with E-state index in [4.69, 9.17) is 9.47 Å². The van der Waals surface area contributed by atoms with E-state index in [2.05, 4.69) is 35.4 Å². The third-order valence-electron chi connectivity index (χ3n) is 3.95. The molecule has 0 aliphatic carbocycles. The topological polar surface area (TPSA) is 62.8 Å². The van der Waals surface area contributed by atoms with Gasteiger partial charge in [0, 0.05) is 32.4 Å². The number of hydrogen-bond donors (Lipinski definition) is 2. The molecule has 1 fully saturated rings. The third kappa shape index (κ3) is 5.78. The van der Waals surface area contributed by atoms with Crippen LogP contribution in [0.1, 0.15) is 26.3 Å². The fraction of sp³-hybridized carbons (Fsp3) is 0.611. The summed E-state index contributed by atoms with van der Waals surface area (Å²) in [5.74, 6) is 0. The van der Waals surface area contributed by atoms with Crippen molar-refractivity contribution < 1.29 is 14.3 Å². The molecule has 1 aliphatic rings. The molecule has 2 rings (SSSR count). The molecule has 1 aromatic rings. The second kappa shape index (κ2) is 9.01. The fourth-order valence-corrected chi connectivity index (χ4v) is 3.11. The van der Waals surface area contributed by atoms with Crippen LogP contribution in [0.25, 0.3) is 0 Å². The van der Waals surface area contributed by atoms with Gasteiger partial charge in [0.2, 0.25) is 0 Å². The van der Waals surface area contributed by atoms with Crippen molar-refractivity contribution in [3.05, 3.63) is 29.8 Å². The van der Waals surface area contributed by atoms with Crippen LogP contribution in [-0.2, 0) is 16.0 Å². The van der Waals surface area contributed by atoms with Crippen LogP contribution in [-0.4, -0.2) is 56.0 Å². The molecule has 6 nitrogen and oxygen atoms in total. The van der Waals surface area contributed by atoms with Crippen LogP contribution in [0.4, 0.5) is 10.5 Å². The first-order valence-electron chi connectivity index (χ1n) is 8.50. The average molecular weight is 335 g/mol. The van der Waals surface area contributed by atoms with Gasteiger partial charge in [-0.2, -0.15) is 0 Å². The molecule has 3 atom stereocenters. The number of para-hydroxylation sites is 1. The first kappa shape index (κ1) is 18.7. The van der Waals surface area contributed by atoms with Crippen molar-refractivity contribution in [3.8, 4) is 0 Å². The van der Waals surface area contributed by atoms with Crippen molar-refractivity contribution >= 4 is 11.7 Å². The Morgan fingerprint density at radius 1 is 1.33 bits per heavy atom. The molecule has 6 heteroatoms. The monoisotopic (exact) mass is 335 g/mol. The zero-order chi connectivity index (χ0) is 17.5. The van der Waals surface area contributed by atoms with E-state index < -0.39 is 0 Å². The van der Waals surface area contributed by atoms with Crippen molar-refractivity contribution in [1.29, 1.82) is 0 Å². The van der Waals surface area contributed by atoms with Gasteiger partial charge in [-0.15, -0.1) is 0 Å². The highest BCUT2D eigenvalue weighted by molar-refractivity contribution is 5.90. The molecule has 1 aliphatic heterocycles. The highest BCUT2D eigenvalue weighted by Gasteiger charge is 2.22. The van der Waals surface area contributed by atoms with Gasteiger partial charge in [-0.3, -0.25) is 4.90 Å². The summed E-state index contributed by atoms with van der Waals surface area (Å²) in [4.78, 5) is 14.5. The fourth-order valence-electron chi connectivity index (χ4n) is 3.11. The third-order valence-corrected chi connectivity index (χ3v) is 3.95. The van der Waals surface area contributed by atoms with E-state index in [-0.39, 0.29) is 24.3 Å². The van der Waals surface area contributed by atoms with Crippen molar-refractivity contribution in [1.82, 2.24) is 10.2 Å². The summed E-state index contributed by atoms with van der Waals surface area (Å²) in [6.07, 6.45) is 0.458. The number of ether oxygens (including phenoxy) is 2. The number of methoxy groups -OCH3 is 1. The number of hydrogen-bond acceptors (Lipinski definition) is 4. The molecule has 24 heavy (non-hydrogen) atoms. The Bertz CT molecular complexity index is 528. The normalized spacial score (nSPS) is 22.8. The number of nitrogens with zero attached hydrogens (tertiary/aromatic N) is 1. The predicted octanol–water partition coefficient (Wildman–Crippen LogP) is 2.45. The van der Waals surface area contributed by atoms with Crippen molar-refractivity contribution in [2.75, 3.05) is 32.1 Å². The Morgan fingerprint density at radius 2 is 2.00 bits per heavy atom. The SMILES string of the molecule is COCC(C)NC(=O)Nc1ccccc1CN1CC(C)OC(C)C1. The lowest BCUT2D eigenvalue weighted by Crippen LogP contribution is -2.45. The molecular formula is C18H29N3O3. The largest absolute Gasteiger partial charge is 0.383 e. The van der Waals surface area contributed by atoms with E-state index in [9.17, 15) is 4.79 Å². The van der Waals surface area contributed by atoms with Gasteiger partial charge in [0.1, 0.15) is 0 Å². The molecule has 134 valence electrons. The maximum absolute atomic E-state index is 12.1. The van der Waals surface area contributed by atoms with Gasteiger partial charge < -0.3 is 20.1 Å². The number of urea groups is 1. The number of nitrogens with one attached hydrogen (secondary N) is 2. The van der Waals surface area contributed by atoms with Gasteiger partial charge in [-0.25, -0.2) is 4.79 Å². The molecule has 0 radical (unpaired) electrons. The minimum Gasteiger partial charge on any atom is -0.383 e. The van der Waals surface area contributed by atoms with Crippen LogP contribution in [0, 0.1) is 0 Å². The van der Waals surface area contributed by atoms with Crippen LogP contribution in [0.2, 0.25) is 0 Å². The maximum Gasteiger partial charge on any atom is 0.319 e. The number of carbonyl (C=O) groups is 1. The summed E-state index contributed by atoms with van der Waals surface area (Å²) >= 11 is 0. The van der Waals surface area contributed by atoms with E-state index in [0.717, 1.165) is 30.9 Å². The van der Waals surface area contributed by atoms with Gasteiger partial charge in [0.15, 0.2) is 0 Å². The number of anilines is 1. The van der Waals surface area contributed by atoms with Crippen LogP contribution in [0.15, 0.2) is 24.3 Å². The lowest BCUT2D eigenvalue weighted by atomic mass is 10.1. The number of amides is 2. The first-order valence-corrected chi connectivity index (χ1v) is 8.50. The summed E-state index contributed by atoms with van der Waals surface area (Å²) in [5, 5.41) is 5.81. The van der Waals surface area contributed by atoms with Crippen molar-refractivity contribution in [3.63, 3.8) is 0 Å². The number of benzene rings is 1. The number of morpholine rings is 1. The molecule has 1 heterocycles. The standard InChI is InChI=1S/C18H29N3O3/c1-13(12-23-4)19-18(22)20-17-8-6-5-7-16(17)11-21-9-14(2)24-15(3)10-21/h5-8,13-15H,9-12H2,1-4H3,(H2,19,20,22). The molecule has 0 spiro atoms. The Labute approximate surface area is 144 Å². The highest BCUT2D eigenvalue weighted by atomic mass is 16.5. The zero-order valence-electron chi connectivity index (χ0n) is 15.0. The summed E-state index contributed by atoms with van der Waals surface area (Å²) < 4.78 is 10.8. The molecule has 2 amide bonds. The Balaban J connectivity index is 1.98. The summed E-state index contributed by atoms with van der Waals surface area (Å²) in [6.45, 7) is 9.17. The van der Waals surface area contributed by atoms with E-state index in [1.807, 2.05) is 25.1 Å². The molecule has 0 aromatic heterocycles. The summed E-state index contributed by atoms with van der Waals surface area (Å²) in [5.41, 5.74) is 1.94. The molecule has 3 unspecified atom stereocenters. The van der Waals surface area contributed by atoms with Gasteiger partial charge in [0.25, 0.3) is 0 Å². The maximum atomic E-state index is 12.1. The highest BCUT2D eigenvalue weighted by Crippen LogP contribution is 2.20. The van der Waals surface area contributed by atoms with E-state index in [1.165, 1.54) is 0 Å². The van der Waals surface area contributed by atoms with Crippen molar-refractivity contribution in [2.24, 2.45) is 0 Å². The first-order chi connectivity index (χ1) is 11.5. The lowest BCUT2D eigenvalue weighted by molar-refractivity contribution is -0.0704. The lowest BCUT2D eigenvalue weighted by Gasteiger charge is -2.35. The van der Waals surface area contributed by atoms with Crippen LogP contribution >= 0.6 is 0 Å². The van der Waals surface area contributed by atoms with Crippen molar-refractivity contribution in [2.45, 2.75) is 45.6 Å². The Morgan fingerprint density at radius 3 is 2.67 bits per heavy atom.